The topological polar surface area (TPSA) is 59.3 Å². The Bertz CT molecular complexity index is 549. The fraction of sp³-hybridized carbons (Fsp3) is 0.308. The molecule has 1 aromatic carbocycles. The van der Waals surface area contributed by atoms with Gasteiger partial charge in [0.1, 0.15) is 0 Å². The third-order valence-electron chi connectivity index (χ3n) is 2.96. The molecule has 0 aliphatic rings. The SMILES string of the molecule is COc1ccc(CNc2cnn(C)c2C)cc1O. The number of nitrogens with one attached hydrogen (secondary N) is 1. The minimum absolute atomic E-state index is 0.153. The van der Waals surface area contributed by atoms with E-state index < -0.39 is 0 Å². The van der Waals surface area contributed by atoms with Crippen LogP contribution in [0.15, 0.2) is 24.4 Å². The number of benzene rings is 1. The molecule has 0 aliphatic heterocycles. The van der Waals surface area contributed by atoms with Crippen molar-refractivity contribution in [3.8, 4) is 11.5 Å². The lowest BCUT2D eigenvalue weighted by molar-refractivity contribution is 0.373. The summed E-state index contributed by atoms with van der Waals surface area (Å²) < 4.78 is 6.81. The van der Waals surface area contributed by atoms with Gasteiger partial charge in [0.25, 0.3) is 0 Å². The maximum Gasteiger partial charge on any atom is 0.160 e. The van der Waals surface area contributed by atoms with E-state index in [-0.39, 0.29) is 5.75 Å². The van der Waals surface area contributed by atoms with Crippen molar-refractivity contribution in [2.45, 2.75) is 13.5 Å². The minimum Gasteiger partial charge on any atom is -0.504 e. The number of aromatic hydroxyl groups is 1. The zero-order chi connectivity index (χ0) is 13.1. The van der Waals surface area contributed by atoms with Crippen LogP contribution >= 0.6 is 0 Å². The largest absolute Gasteiger partial charge is 0.504 e. The Morgan fingerprint density at radius 3 is 2.78 bits per heavy atom. The van der Waals surface area contributed by atoms with Crippen molar-refractivity contribution in [1.82, 2.24) is 9.78 Å². The van der Waals surface area contributed by atoms with Gasteiger partial charge in [-0.25, -0.2) is 0 Å². The van der Waals surface area contributed by atoms with Crippen molar-refractivity contribution in [1.29, 1.82) is 0 Å². The molecule has 2 N–H and O–H groups in total. The number of phenols is 1. The number of methoxy groups -OCH3 is 1. The molecule has 2 rings (SSSR count). The summed E-state index contributed by atoms with van der Waals surface area (Å²) in [6.07, 6.45) is 1.79. The van der Waals surface area contributed by atoms with E-state index >= 15 is 0 Å². The van der Waals surface area contributed by atoms with Crippen LogP contribution < -0.4 is 10.1 Å². The molecule has 0 unspecified atom stereocenters. The van der Waals surface area contributed by atoms with Gasteiger partial charge in [-0.2, -0.15) is 5.10 Å². The molecule has 96 valence electrons. The summed E-state index contributed by atoms with van der Waals surface area (Å²) in [6.45, 7) is 2.63. The highest BCUT2D eigenvalue weighted by Crippen LogP contribution is 2.26. The quantitative estimate of drug-likeness (QED) is 0.868. The van der Waals surface area contributed by atoms with Gasteiger partial charge in [0.15, 0.2) is 11.5 Å². The summed E-state index contributed by atoms with van der Waals surface area (Å²) in [6, 6.07) is 5.36. The highest BCUT2D eigenvalue weighted by atomic mass is 16.5. The highest BCUT2D eigenvalue weighted by Gasteiger charge is 2.05. The number of hydrogen-bond acceptors (Lipinski definition) is 4. The van der Waals surface area contributed by atoms with E-state index in [1.54, 1.807) is 18.3 Å². The van der Waals surface area contributed by atoms with Gasteiger partial charge in [0.2, 0.25) is 0 Å². The highest BCUT2D eigenvalue weighted by molar-refractivity contribution is 5.47. The molecule has 0 radical (unpaired) electrons. The summed E-state index contributed by atoms with van der Waals surface area (Å²) in [4.78, 5) is 0. The summed E-state index contributed by atoms with van der Waals surface area (Å²) in [5.41, 5.74) is 3.05. The molecule has 18 heavy (non-hydrogen) atoms. The molecule has 0 amide bonds. The predicted molar refractivity (Wildman–Crippen MR) is 69.9 cm³/mol. The minimum atomic E-state index is 0.153. The van der Waals surface area contributed by atoms with Crippen LogP contribution in [0, 0.1) is 6.92 Å². The van der Waals surface area contributed by atoms with Gasteiger partial charge in [-0.05, 0) is 24.6 Å². The molecule has 0 spiro atoms. The maximum absolute atomic E-state index is 9.68. The molecule has 0 atom stereocenters. The summed E-state index contributed by atoms with van der Waals surface area (Å²) in [5, 5.41) is 17.1. The van der Waals surface area contributed by atoms with Crippen LogP contribution in [0.5, 0.6) is 11.5 Å². The second-order valence-electron chi connectivity index (χ2n) is 4.13. The van der Waals surface area contributed by atoms with Crippen molar-refractivity contribution in [2.24, 2.45) is 7.05 Å². The fourth-order valence-electron chi connectivity index (χ4n) is 1.72. The monoisotopic (exact) mass is 247 g/mol. The second kappa shape index (κ2) is 5.00. The van der Waals surface area contributed by atoms with Crippen molar-refractivity contribution in [3.63, 3.8) is 0 Å². The van der Waals surface area contributed by atoms with Crippen LogP contribution in [-0.4, -0.2) is 22.0 Å². The average molecular weight is 247 g/mol. The lowest BCUT2D eigenvalue weighted by atomic mass is 10.2. The fourth-order valence-corrected chi connectivity index (χ4v) is 1.72. The third-order valence-corrected chi connectivity index (χ3v) is 2.96. The van der Waals surface area contributed by atoms with E-state index in [1.165, 1.54) is 7.11 Å². The molecule has 1 aromatic heterocycles. The van der Waals surface area contributed by atoms with E-state index in [2.05, 4.69) is 10.4 Å². The average Bonchev–Trinajstić information content (AvgIpc) is 2.68. The van der Waals surface area contributed by atoms with Crippen molar-refractivity contribution < 1.29 is 9.84 Å². The summed E-state index contributed by atoms with van der Waals surface area (Å²) >= 11 is 0. The van der Waals surface area contributed by atoms with Crippen molar-refractivity contribution in [2.75, 3.05) is 12.4 Å². The molecule has 2 aromatic rings. The number of aryl methyl sites for hydroxylation is 1. The standard InChI is InChI=1S/C13H17N3O2/c1-9-11(8-15-16(9)2)14-7-10-4-5-13(18-3)12(17)6-10/h4-6,8,14,17H,7H2,1-3H3. The Morgan fingerprint density at radius 1 is 1.44 bits per heavy atom. The number of rotatable bonds is 4. The smallest absolute Gasteiger partial charge is 0.160 e. The first-order chi connectivity index (χ1) is 8.61. The van der Waals surface area contributed by atoms with E-state index in [0.717, 1.165) is 16.9 Å². The lowest BCUT2D eigenvalue weighted by Crippen LogP contribution is -2.01. The molecule has 0 bridgehead atoms. The number of anilines is 1. The first-order valence-electron chi connectivity index (χ1n) is 5.70. The van der Waals surface area contributed by atoms with E-state index in [9.17, 15) is 5.11 Å². The second-order valence-corrected chi connectivity index (χ2v) is 4.13. The maximum atomic E-state index is 9.68. The summed E-state index contributed by atoms with van der Waals surface area (Å²) in [7, 11) is 3.44. The van der Waals surface area contributed by atoms with Crippen LogP contribution in [-0.2, 0) is 13.6 Å². The molecular weight excluding hydrogens is 230 g/mol. The molecule has 5 heteroatoms. The van der Waals surface area contributed by atoms with E-state index in [0.29, 0.717) is 12.3 Å². The van der Waals surface area contributed by atoms with E-state index in [1.807, 2.05) is 24.7 Å². The number of aromatic nitrogens is 2. The predicted octanol–water partition coefficient (Wildman–Crippen LogP) is 2.05. The van der Waals surface area contributed by atoms with Crippen molar-refractivity contribution >= 4 is 5.69 Å². The third kappa shape index (κ3) is 2.40. The molecular formula is C13H17N3O2. The molecule has 0 fully saturated rings. The van der Waals surface area contributed by atoms with Crippen molar-refractivity contribution in [3.05, 3.63) is 35.7 Å². The Hall–Kier alpha value is -2.17. The first kappa shape index (κ1) is 12.3. The summed E-state index contributed by atoms with van der Waals surface area (Å²) in [5.74, 6) is 0.635. The van der Waals surface area contributed by atoms with Crippen LogP contribution in [0.25, 0.3) is 0 Å². The Morgan fingerprint density at radius 2 is 2.22 bits per heavy atom. The van der Waals surface area contributed by atoms with Crippen LogP contribution in [0.1, 0.15) is 11.3 Å². The Labute approximate surface area is 106 Å². The number of nitrogens with zero attached hydrogens (tertiary/aromatic N) is 2. The number of ether oxygens (including phenoxy) is 1. The first-order valence-corrected chi connectivity index (χ1v) is 5.70. The molecule has 0 saturated heterocycles. The van der Waals surface area contributed by atoms with Gasteiger partial charge in [-0.15, -0.1) is 0 Å². The normalized spacial score (nSPS) is 10.4. The van der Waals surface area contributed by atoms with Gasteiger partial charge >= 0.3 is 0 Å². The van der Waals surface area contributed by atoms with Crippen LogP contribution in [0.2, 0.25) is 0 Å². The molecule has 0 aliphatic carbocycles. The van der Waals surface area contributed by atoms with Gasteiger partial charge in [0.05, 0.1) is 24.7 Å². The zero-order valence-corrected chi connectivity index (χ0v) is 10.8. The lowest BCUT2D eigenvalue weighted by Gasteiger charge is -2.08. The van der Waals surface area contributed by atoms with Gasteiger partial charge < -0.3 is 15.2 Å². The van der Waals surface area contributed by atoms with E-state index in [4.69, 9.17) is 4.74 Å². The number of phenolic OH excluding ortho intramolecular Hbond substituents is 1. The van der Waals surface area contributed by atoms with Crippen LogP contribution in [0.3, 0.4) is 0 Å². The molecule has 5 nitrogen and oxygen atoms in total. The number of hydrogen-bond donors (Lipinski definition) is 2. The van der Waals surface area contributed by atoms with Crippen LogP contribution in [0.4, 0.5) is 5.69 Å². The molecule has 1 heterocycles. The van der Waals surface area contributed by atoms with Gasteiger partial charge in [0, 0.05) is 13.6 Å². The Kier molecular flexibility index (Phi) is 3.41. The molecule has 0 saturated carbocycles. The van der Waals surface area contributed by atoms with Gasteiger partial charge in [-0.1, -0.05) is 6.07 Å². The Balaban J connectivity index is 2.06. The zero-order valence-electron chi connectivity index (χ0n) is 10.8. The van der Waals surface area contributed by atoms with Gasteiger partial charge in [-0.3, -0.25) is 4.68 Å².